The van der Waals surface area contributed by atoms with Crippen LogP contribution in [0.15, 0.2) is 76.0 Å². The van der Waals surface area contributed by atoms with E-state index in [1.807, 2.05) is 67.3 Å². The van der Waals surface area contributed by atoms with Crippen molar-refractivity contribution in [3.05, 3.63) is 92.9 Å². The lowest BCUT2D eigenvalue weighted by Gasteiger charge is -2.31. The highest BCUT2D eigenvalue weighted by atomic mass is 79.9. The molecule has 4 aromatic rings. The highest BCUT2D eigenvalue weighted by Gasteiger charge is 2.27. The maximum absolute atomic E-state index is 14.0. The number of para-hydroxylation sites is 1. The van der Waals surface area contributed by atoms with Crippen LogP contribution in [0.1, 0.15) is 44.1 Å². The Balaban J connectivity index is 1.86. The number of aromatic nitrogens is 2. The van der Waals surface area contributed by atoms with Gasteiger partial charge in [-0.05, 0) is 53.4 Å². The summed E-state index contributed by atoms with van der Waals surface area (Å²) >= 11 is 3.62. The molecule has 8 heteroatoms. The van der Waals surface area contributed by atoms with Gasteiger partial charge >= 0.3 is 0 Å². The molecule has 0 saturated heterocycles. The third-order valence-electron chi connectivity index (χ3n) is 6.59. The highest BCUT2D eigenvalue weighted by Crippen LogP contribution is 2.37. The van der Waals surface area contributed by atoms with E-state index in [0.29, 0.717) is 57.8 Å². The molecule has 4 rings (SSSR count). The summed E-state index contributed by atoms with van der Waals surface area (Å²) in [5, 5.41) is 0.481. The number of halogens is 1. The summed E-state index contributed by atoms with van der Waals surface area (Å²) in [5.41, 5.74) is 1.98. The Morgan fingerprint density at radius 2 is 1.76 bits per heavy atom. The Morgan fingerprint density at radius 1 is 1.05 bits per heavy atom. The molecule has 7 nitrogen and oxygen atoms in total. The molecule has 1 aromatic heterocycles. The molecule has 0 fully saturated rings. The molecule has 0 bridgehead atoms. The number of benzene rings is 3. The minimum absolute atomic E-state index is 0.0134. The lowest BCUT2D eigenvalue weighted by Crippen LogP contribution is -2.38. The molecule has 3 aromatic carbocycles. The SMILES string of the molecule is CCCN(C(=O)CCc1ccccc1)C(C)c1nc2ccccc2c(=O)n1-c1cc(OC)cc(OC)c1Br. The van der Waals surface area contributed by atoms with Gasteiger partial charge in [-0.15, -0.1) is 0 Å². The van der Waals surface area contributed by atoms with Crippen LogP contribution in [0, 0.1) is 0 Å². The van der Waals surface area contributed by atoms with E-state index in [0.717, 1.165) is 12.0 Å². The van der Waals surface area contributed by atoms with Gasteiger partial charge in [0.25, 0.3) is 5.56 Å². The quantitative estimate of drug-likeness (QED) is 0.228. The number of ether oxygens (including phenoxy) is 2. The average Bonchev–Trinajstić information content (AvgIpc) is 2.95. The van der Waals surface area contributed by atoms with Gasteiger partial charge in [0, 0.05) is 25.1 Å². The number of hydrogen-bond donors (Lipinski definition) is 0. The Bertz CT molecular complexity index is 1490. The van der Waals surface area contributed by atoms with Gasteiger partial charge in [0.1, 0.15) is 17.3 Å². The normalized spacial score (nSPS) is 11.8. The van der Waals surface area contributed by atoms with Crippen LogP contribution in [0.5, 0.6) is 11.5 Å². The van der Waals surface area contributed by atoms with Crippen molar-refractivity contribution in [3.63, 3.8) is 0 Å². The topological polar surface area (TPSA) is 73.7 Å². The zero-order valence-electron chi connectivity index (χ0n) is 22.1. The van der Waals surface area contributed by atoms with Crippen LogP contribution in [-0.4, -0.2) is 41.1 Å². The number of carbonyl (C=O) groups excluding carboxylic acids is 1. The van der Waals surface area contributed by atoms with Crippen molar-refractivity contribution in [2.75, 3.05) is 20.8 Å². The van der Waals surface area contributed by atoms with Crippen LogP contribution in [-0.2, 0) is 11.2 Å². The van der Waals surface area contributed by atoms with E-state index in [9.17, 15) is 9.59 Å². The number of nitrogens with zero attached hydrogens (tertiary/aromatic N) is 3. The van der Waals surface area contributed by atoms with Gasteiger partial charge in [0.15, 0.2) is 0 Å². The van der Waals surface area contributed by atoms with Crippen molar-refractivity contribution >= 4 is 32.7 Å². The molecule has 198 valence electrons. The molecule has 0 aliphatic carbocycles. The average molecular weight is 579 g/mol. The maximum atomic E-state index is 14.0. The van der Waals surface area contributed by atoms with Gasteiger partial charge in [-0.25, -0.2) is 4.98 Å². The number of amides is 1. The smallest absolute Gasteiger partial charge is 0.266 e. The number of rotatable bonds is 10. The standard InChI is InChI=1S/C30H32BrN3O4/c1-5-17-33(27(35)16-15-21-11-7-6-8-12-21)20(2)29-32-24-14-10-9-13-23(24)30(36)34(29)25-18-22(37-3)19-26(38-4)28(25)31/h6-14,18-20H,5,15-17H2,1-4H3. The lowest BCUT2D eigenvalue weighted by molar-refractivity contribution is -0.133. The van der Waals surface area contributed by atoms with Gasteiger partial charge in [0.05, 0.1) is 41.3 Å². The number of hydrogen-bond acceptors (Lipinski definition) is 5. The molecule has 0 N–H and O–H groups in total. The fourth-order valence-corrected chi connectivity index (χ4v) is 5.17. The van der Waals surface area contributed by atoms with Crippen LogP contribution < -0.4 is 15.0 Å². The summed E-state index contributed by atoms with van der Waals surface area (Å²) in [7, 11) is 3.12. The van der Waals surface area contributed by atoms with Crippen molar-refractivity contribution < 1.29 is 14.3 Å². The fraction of sp³-hybridized carbons (Fsp3) is 0.300. The molecule has 1 amide bonds. The molecular weight excluding hydrogens is 546 g/mol. The maximum Gasteiger partial charge on any atom is 0.266 e. The van der Waals surface area contributed by atoms with E-state index in [1.54, 1.807) is 37.0 Å². The van der Waals surface area contributed by atoms with Gasteiger partial charge in [0.2, 0.25) is 5.91 Å². The minimum atomic E-state index is -0.473. The second kappa shape index (κ2) is 12.3. The fourth-order valence-electron chi connectivity index (χ4n) is 4.60. The van der Waals surface area contributed by atoms with Gasteiger partial charge in [-0.2, -0.15) is 0 Å². The van der Waals surface area contributed by atoms with Crippen LogP contribution >= 0.6 is 15.9 Å². The summed E-state index contributed by atoms with van der Waals surface area (Å²) in [6, 6.07) is 20.3. The van der Waals surface area contributed by atoms with Crippen LogP contribution in [0.25, 0.3) is 16.6 Å². The predicted octanol–water partition coefficient (Wildman–Crippen LogP) is 6.10. The number of carbonyl (C=O) groups is 1. The van der Waals surface area contributed by atoms with Crippen LogP contribution in [0.2, 0.25) is 0 Å². The Morgan fingerprint density at radius 3 is 2.45 bits per heavy atom. The zero-order valence-corrected chi connectivity index (χ0v) is 23.7. The summed E-state index contributed by atoms with van der Waals surface area (Å²) < 4.78 is 13.2. The molecule has 0 aliphatic heterocycles. The first-order chi connectivity index (χ1) is 18.4. The van der Waals surface area contributed by atoms with Gasteiger partial charge in [-0.1, -0.05) is 49.4 Å². The van der Waals surface area contributed by atoms with Crippen molar-refractivity contribution in [1.82, 2.24) is 14.5 Å². The number of aryl methyl sites for hydroxylation is 1. The first-order valence-electron chi connectivity index (χ1n) is 12.7. The zero-order chi connectivity index (χ0) is 27.2. The Kier molecular flexibility index (Phi) is 8.84. The van der Waals surface area contributed by atoms with Crippen molar-refractivity contribution in [2.24, 2.45) is 0 Å². The summed E-state index contributed by atoms with van der Waals surface area (Å²) in [5.74, 6) is 1.52. The molecular formula is C30H32BrN3O4. The van der Waals surface area contributed by atoms with Crippen molar-refractivity contribution in [3.8, 4) is 17.2 Å². The highest BCUT2D eigenvalue weighted by molar-refractivity contribution is 9.10. The Hall–Kier alpha value is -3.65. The first kappa shape index (κ1) is 27.4. The monoisotopic (exact) mass is 577 g/mol. The van der Waals surface area contributed by atoms with E-state index in [4.69, 9.17) is 14.5 Å². The number of methoxy groups -OCH3 is 2. The van der Waals surface area contributed by atoms with E-state index < -0.39 is 6.04 Å². The molecule has 1 heterocycles. The first-order valence-corrected chi connectivity index (χ1v) is 13.5. The summed E-state index contributed by atoms with van der Waals surface area (Å²) in [4.78, 5) is 34.3. The van der Waals surface area contributed by atoms with Gasteiger partial charge < -0.3 is 14.4 Å². The molecule has 38 heavy (non-hydrogen) atoms. The second-order valence-corrected chi connectivity index (χ2v) is 9.83. The van der Waals surface area contributed by atoms with Crippen molar-refractivity contribution in [1.29, 1.82) is 0 Å². The molecule has 0 radical (unpaired) electrons. The Labute approximate surface area is 231 Å². The third kappa shape index (κ3) is 5.60. The second-order valence-electron chi connectivity index (χ2n) is 9.04. The van der Waals surface area contributed by atoms with Gasteiger partial charge in [-0.3, -0.25) is 14.2 Å². The predicted molar refractivity (Wildman–Crippen MR) is 153 cm³/mol. The van der Waals surface area contributed by atoms with Crippen LogP contribution in [0.3, 0.4) is 0 Å². The van der Waals surface area contributed by atoms with E-state index >= 15 is 0 Å². The van der Waals surface area contributed by atoms with E-state index in [1.165, 1.54) is 0 Å². The molecule has 0 spiro atoms. The minimum Gasteiger partial charge on any atom is -0.497 e. The number of fused-ring (bicyclic) bond motifs is 1. The lowest BCUT2D eigenvalue weighted by atomic mass is 10.1. The summed E-state index contributed by atoms with van der Waals surface area (Å²) in [6.45, 7) is 4.50. The van der Waals surface area contributed by atoms with E-state index in [2.05, 4.69) is 15.9 Å². The third-order valence-corrected chi connectivity index (χ3v) is 7.39. The molecule has 0 aliphatic rings. The molecule has 1 atom stereocenters. The van der Waals surface area contributed by atoms with E-state index in [-0.39, 0.29) is 11.5 Å². The molecule has 1 unspecified atom stereocenters. The summed E-state index contributed by atoms with van der Waals surface area (Å²) in [6.07, 6.45) is 1.78. The largest absolute Gasteiger partial charge is 0.497 e. The van der Waals surface area contributed by atoms with Crippen molar-refractivity contribution in [2.45, 2.75) is 39.2 Å². The van der Waals surface area contributed by atoms with Crippen LogP contribution in [0.4, 0.5) is 0 Å². The molecule has 0 saturated carbocycles.